The van der Waals surface area contributed by atoms with Gasteiger partial charge in [0.15, 0.2) is 0 Å². The first-order valence-corrected chi connectivity index (χ1v) is 7.49. The van der Waals surface area contributed by atoms with Gasteiger partial charge >= 0.3 is 6.03 Å². The molecule has 5 nitrogen and oxygen atoms in total. The average molecular weight is 309 g/mol. The summed E-state index contributed by atoms with van der Waals surface area (Å²) in [6.07, 6.45) is 0. The van der Waals surface area contributed by atoms with E-state index in [1.165, 1.54) is 5.01 Å². The van der Waals surface area contributed by atoms with Gasteiger partial charge in [-0.05, 0) is 24.6 Å². The van der Waals surface area contributed by atoms with Crippen LogP contribution in [0.15, 0.2) is 53.6 Å². The summed E-state index contributed by atoms with van der Waals surface area (Å²) in [6.45, 7) is 1.96. The second kappa shape index (κ2) is 6.12. The molecular formula is C18H19N3O2. The zero-order valence-corrected chi connectivity index (χ0v) is 13.4. The number of hydrogen-bond acceptors (Lipinski definition) is 3. The van der Waals surface area contributed by atoms with Crippen LogP contribution in [0.1, 0.15) is 29.7 Å². The number of nitrogens with zero attached hydrogens (tertiary/aromatic N) is 2. The second-order valence-electron chi connectivity index (χ2n) is 5.34. The van der Waals surface area contributed by atoms with Gasteiger partial charge in [-0.15, -0.1) is 0 Å². The van der Waals surface area contributed by atoms with Crippen LogP contribution in [0.25, 0.3) is 0 Å². The Bertz CT molecular complexity index is 756. The van der Waals surface area contributed by atoms with Gasteiger partial charge < -0.3 is 10.1 Å². The van der Waals surface area contributed by atoms with E-state index in [1.54, 1.807) is 14.2 Å². The molecule has 2 aromatic carbocycles. The smallest absolute Gasteiger partial charge is 0.338 e. The van der Waals surface area contributed by atoms with Crippen molar-refractivity contribution in [3.05, 3.63) is 65.2 Å². The lowest BCUT2D eigenvalue weighted by molar-refractivity contribution is 0.183. The molecule has 0 spiro atoms. The molecule has 0 bridgehead atoms. The van der Waals surface area contributed by atoms with E-state index in [0.29, 0.717) is 0 Å². The maximum Gasteiger partial charge on any atom is 0.338 e. The van der Waals surface area contributed by atoms with Crippen molar-refractivity contribution in [2.45, 2.75) is 13.0 Å². The summed E-state index contributed by atoms with van der Waals surface area (Å²) in [4.78, 5) is 12.2. The Kier molecular flexibility index (Phi) is 4.02. The monoisotopic (exact) mass is 309 g/mol. The van der Waals surface area contributed by atoms with Crippen molar-refractivity contribution in [2.75, 3.05) is 14.2 Å². The molecule has 1 N–H and O–H groups in total. The topological polar surface area (TPSA) is 53.9 Å². The second-order valence-corrected chi connectivity index (χ2v) is 5.34. The Balaban J connectivity index is 2.19. The summed E-state index contributed by atoms with van der Waals surface area (Å²) in [6, 6.07) is 15.3. The summed E-state index contributed by atoms with van der Waals surface area (Å²) < 4.78 is 5.35. The van der Waals surface area contributed by atoms with Gasteiger partial charge in [0.25, 0.3) is 0 Å². The molecule has 0 saturated heterocycles. The molecule has 2 aromatic rings. The van der Waals surface area contributed by atoms with Gasteiger partial charge in [-0.2, -0.15) is 5.10 Å². The molecule has 1 heterocycles. The fourth-order valence-corrected chi connectivity index (χ4v) is 2.76. The van der Waals surface area contributed by atoms with Crippen molar-refractivity contribution in [1.82, 2.24) is 10.3 Å². The van der Waals surface area contributed by atoms with Crippen molar-refractivity contribution >= 4 is 11.7 Å². The molecule has 23 heavy (non-hydrogen) atoms. The number of rotatable bonds is 2. The highest BCUT2D eigenvalue weighted by molar-refractivity contribution is 6.14. The van der Waals surface area contributed by atoms with E-state index in [-0.39, 0.29) is 12.1 Å². The quantitative estimate of drug-likeness (QED) is 0.926. The summed E-state index contributed by atoms with van der Waals surface area (Å²) in [7, 11) is 3.25. The number of methoxy groups -OCH3 is 1. The predicted octanol–water partition coefficient (Wildman–Crippen LogP) is 3.16. The fraction of sp³-hybridized carbons (Fsp3) is 0.222. The Labute approximate surface area is 135 Å². The van der Waals surface area contributed by atoms with Gasteiger partial charge in [-0.1, -0.05) is 36.4 Å². The number of carbonyl (C=O) groups is 1. The predicted molar refractivity (Wildman–Crippen MR) is 89.8 cm³/mol. The number of urea groups is 1. The molecular weight excluding hydrogens is 290 g/mol. The number of amides is 2. The molecule has 0 saturated carbocycles. The van der Waals surface area contributed by atoms with Crippen molar-refractivity contribution in [3.63, 3.8) is 0 Å². The van der Waals surface area contributed by atoms with Crippen LogP contribution in [0, 0.1) is 0 Å². The van der Waals surface area contributed by atoms with Crippen molar-refractivity contribution in [1.29, 1.82) is 0 Å². The van der Waals surface area contributed by atoms with Crippen LogP contribution in [-0.4, -0.2) is 30.9 Å². The van der Waals surface area contributed by atoms with Crippen LogP contribution in [-0.2, 0) is 0 Å². The fourth-order valence-electron chi connectivity index (χ4n) is 2.76. The molecule has 5 heteroatoms. The van der Waals surface area contributed by atoms with Gasteiger partial charge in [0.05, 0.1) is 18.9 Å². The third-order valence-corrected chi connectivity index (χ3v) is 4.01. The first-order chi connectivity index (χ1) is 11.2. The number of carbonyl (C=O) groups excluding carboxylic acids is 1. The Morgan fingerprint density at radius 2 is 1.96 bits per heavy atom. The van der Waals surface area contributed by atoms with Crippen LogP contribution >= 0.6 is 0 Å². The standard InChI is InChI=1S/C18H19N3O2/c1-12-15-10-9-14(23-3)11-16(15)17(13-7-5-4-6-8-13)20-21(12)18(22)19-2/h4-12H,1-3H3,(H,19,22). The molecule has 0 aromatic heterocycles. The minimum absolute atomic E-state index is 0.150. The normalized spacial score (nSPS) is 16.4. The van der Waals surface area contributed by atoms with Gasteiger partial charge in [-0.3, -0.25) is 0 Å². The van der Waals surface area contributed by atoms with Crippen molar-refractivity contribution in [2.24, 2.45) is 5.10 Å². The summed E-state index contributed by atoms with van der Waals surface area (Å²) in [5, 5.41) is 8.73. The van der Waals surface area contributed by atoms with Crippen LogP contribution in [0.3, 0.4) is 0 Å². The molecule has 0 aliphatic carbocycles. The first kappa shape index (κ1) is 15.1. The number of benzene rings is 2. The Hall–Kier alpha value is -2.82. The number of nitrogens with one attached hydrogen (secondary N) is 1. The van der Waals surface area contributed by atoms with Gasteiger partial charge in [0, 0.05) is 18.2 Å². The lowest BCUT2D eigenvalue weighted by Crippen LogP contribution is -2.39. The van der Waals surface area contributed by atoms with E-state index >= 15 is 0 Å². The minimum Gasteiger partial charge on any atom is -0.497 e. The van der Waals surface area contributed by atoms with Gasteiger partial charge in [0.1, 0.15) is 5.75 Å². The molecule has 1 unspecified atom stereocenters. The highest BCUT2D eigenvalue weighted by Gasteiger charge is 2.30. The van der Waals surface area contributed by atoms with Crippen LogP contribution in [0.4, 0.5) is 4.79 Å². The van der Waals surface area contributed by atoms with Crippen LogP contribution < -0.4 is 10.1 Å². The van der Waals surface area contributed by atoms with Crippen molar-refractivity contribution in [3.8, 4) is 5.75 Å². The maximum absolute atomic E-state index is 12.2. The number of hydrogen-bond donors (Lipinski definition) is 1. The van der Waals surface area contributed by atoms with Crippen LogP contribution in [0.5, 0.6) is 5.75 Å². The molecule has 0 fully saturated rings. The number of fused-ring (bicyclic) bond motifs is 1. The highest BCUT2D eigenvalue weighted by Crippen LogP contribution is 2.33. The number of ether oxygens (including phenoxy) is 1. The molecule has 118 valence electrons. The largest absolute Gasteiger partial charge is 0.497 e. The lowest BCUT2D eigenvalue weighted by Gasteiger charge is -2.32. The minimum atomic E-state index is -0.229. The van der Waals surface area contributed by atoms with E-state index in [4.69, 9.17) is 4.74 Å². The third-order valence-electron chi connectivity index (χ3n) is 4.01. The van der Waals surface area contributed by atoms with Gasteiger partial charge in [0.2, 0.25) is 0 Å². The molecule has 2 amide bonds. The van der Waals surface area contributed by atoms with E-state index in [0.717, 1.165) is 28.2 Å². The lowest BCUT2D eigenvalue weighted by atomic mass is 9.92. The van der Waals surface area contributed by atoms with Crippen LogP contribution in [0.2, 0.25) is 0 Å². The first-order valence-electron chi connectivity index (χ1n) is 7.49. The highest BCUT2D eigenvalue weighted by atomic mass is 16.5. The van der Waals surface area contributed by atoms with E-state index in [9.17, 15) is 4.79 Å². The molecule has 1 aliphatic rings. The van der Waals surface area contributed by atoms with Gasteiger partial charge in [-0.25, -0.2) is 9.80 Å². The molecule has 0 radical (unpaired) electrons. The molecule has 1 aliphatic heterocycles. The zero-order valence-electron chi connectivity index (χ0n) is 13.4. The average Bonchev–Trinajstić information content (AvgIpc) is 2.61. The molecule has 3 rings (SSSR count). The SMILES string of the molecule is CNC(=O)N1N=C(c2ccccc2)c2cc(OC)ccc2C1C. The Morgan fingerprint density at radius 1 is 1.22 bits per heavy atom. The van der Waals surface area contributed by atoms with E-state index < -0.39 is 0 Å². The summed E-state index contributed by atoms with van der Waals surface area (Å²) in [5.41, 5.74) is 3.76. The van der Waals surface area contributed by atoms with E-state index in [1.807, 2.05) is 55.5 Å². The number of hydrazone groups is 1. The van der Waals surface area contributed by atoms with E-state index in [2.05, 4.69) is 10.4 Å². The van der Waals surface area contributed by atoms with Crippen molar-refractivity contribution < 1.29 is 9.53 Å². The summed E-state index contributed by atoms with van der Waals surface area (Å²) >= 11 is 0. The Morgan fingerprint density at radius 3 is 2.61 bits per heavy atom. The third kappa shape index (κ3) is 2.65. The molecule has 1 atom stereocenters. The summed E-state index contributed by atoms with van der Waals surface area (Å²) in [5.74, 6) is 0.771. The maximum atomic E-state index is 12.2. The zero-order chi connectivity index (χ0) is 16.4.